The van der Waals surface area contributed by atoms with Gasteiger partial charge in [-0.25, -0.2) is 4.79 Å². The van der Waals surface area contributed by atoms with Gasteiger partial charge in [0.1, 0.15) is 12.4 Å². The Bertz CT molecular complexity index is 844. The first-order chi connectivity index (χ1) is 13.6. The minimum Gasteiger partial charge on any atom is -0.458 e. The third kappa shape index (κ3) is 2.39. The van der Waals surface area contributed by atoms with Crippen molar-refractivity contribution in [2.75, 3.05) is 6.61 Å². The number of ketones is 1. The predicted octanol–water partition coefficient (Wildman–Crippen LogP) is 1.67. The van der Waals surface area contributed by atoms with E-state index in [-0.39, 0.29) is 42.5 Å². The lowest BCUT2D eigenvalue weighted by Gasteiger charge is -2.62. The van der Waals surface area contributed by atoms with Crippen LogP contribution in [-0.4, -0.2) is 51.5 Å². The number of carbonyl (C=O) groups is 2. The Morgan fingerprint density at radius 2 is 1.90 bits per heavy atom. The summed E-state index contributed by atoms with van der Waals surface area (Å²) in [5.74, 6) is -0.565. The second-order valence-electron chi connectivity index (χ2n) is 10.4. The number of hydrogen-bond acceptors (Lipinski definition) is 6. The van der Waals surface area contributed by atoms with Gasteiger partial charge in [0.2, 0.25) is 0 Å². The van der Waals surface area contributed by atoms with Gasteiger partial charge in [-0.3, -0.25) is 4.79 Å². The quantitative estimate of drug-likeness (QED) is 0.577. The van der Waals surface area contributed by atoms with Crippen LogP contribution < -0.4 is 0 Å². The minimum atomic E-state index is -1.05. The molecule has 0 aromatic carbocycles. The highest BCUT2D eigenvalue weighted by molar-refractivity contribution is 5.89. The van der Waals surface area contributed by atoms with E-state index in [2.05, 4.69) is 6.92 Å². The van der Waals surface area contributed by atoms with Gasteiger partial charge < -0.3 is 20.1 Å². The zero-order chi connectivity index (χ0) is 20.8. The van der Waals surface area contributed by atoms with Crippen LogP contribution in [0.5, 0.6) is 0 Å². The fourth-order valence-corrected chi connectivity index (χ4v) is 7.64. The van der Waals surface area contributed by atoms with Crippen LogP contribution in [0.3, 0.4) is 0 Å². The smallest absolute Gasteiger partial charge is 0.331 e. The Morgan fingerprint density at radius 1 is 1.14 bits per heavy atom. The van der Waals surface area contributed by atoms with Gasteiger partial charge in [-0.15, -0.1) is 0 Å². The minimum absolute atomic E-state index is 0.136. The van der Waals surface area contributed by atoms with Gasteiger partial charge in [0.25, 0.3) is 0 Å². The van der Waals surface area contributed by atoms with E-state index in [1.165, 1.54) is 6.08 Å². The third-order valence-electron chi connectivity index (χ3n) is 9.15. The van der Waals surface area contributed by atoms with Crippen LogP contribution in [0.2, 0.25) is 0 Å². The molecule has 4 aliphatic carbocycles. The Morgan fingerprint density at radius 3 is 2.59 bits per heavy atom. The number of rotatable bonds is 1. The highest BCUT2D eigenvalue weighted by Crippen LogP contribution is 2.67. The lowest BCUT2D eigenvalue weighted by Crippen LogP contribution is -2.66. The van der Waals surface area contributed by atoms with E-state index < -0.39 is 28.6 Å². The van der Waals surface area contributed by atoms with E-state index in [1.807, 2.05) is 13.0 Å². The molecule has 8 atom stereocenters. The normalized spacial score (nSPS) is 51.6. The van der Waals surface area contributed by atoms with E-state index in [9.17, 15) is 24.9 Å². The Hall–Kier alpha value is -1.50. The molecule has 0 unspecified atom stereocenters. The average Bonchev–Trinajstić information content (AvgIpc) is 3.17. The number of ether oxygens (including phenoxy) is 1. The summed E-state index contributed by atoms with van der Waals surface area (Å²) in [6.07, 6.45) is 5.10. The SMILES string of the molecule is C[C@]12C[C@H](O)[C@H](O)C[C@H]1CC[C@@H]1[C@@H]2C(=O)C[C@]2(C)C(C3=CC(=O)OC3)=CC[C@]12O. The number of Topliss-reactive ketones (excluding diaryl/α,β-unsaturated/α-hetero) is 1. The molecule has 6 nitrogen and oxygen atoms in total. The molecule has 0 saturated heterocycles. The molecule has 5 aliphatic rings. The maximum Gasteiger partial charge on any atom is 0.331 e. The van der Waals surface area contributed by atoms with Crippen molar-refractivity contribution in [1.29, 1.82) is 0 Å². The molecule has 3 saturated carbocycles. The molecule has 5 rings (SSSR count). The first-order valence-corrected chi connectivity index (χ1v) is 10.8. The summed E-state index contributed by atoms with van der Waals surface area (Å²) in [6.45, 7) is 4.22. The maximum absolute atomic E-state index is 13.6. The van der Waals surface area contributed by atoms with Crippen LogP contribution in [0.1, 0.15) is 52.4 Å². The van der Waals surface area contributed by atoms with Crippen molar-refractivity contribution in [2.24, 2.45) is 28.6 Å². The second kappa shape index (κ2) is 6.02. The molecule has 0 radical (unpaired) electrons. The molecule has 0 bridgehead atoms. The standard InChI is InChI=1S/C23H30O6/c1-21-9-17(25)16(24)8-13(21)3-4-15-20(21)18(26)10-22(2)14(5-6-23(15,22)28)12-7-19(27)29-11-12/h5,7,13,15-17,20,24-25,28H,3-4,6,8-11H2,1-2H3/t13-,15-,16-,17+,20-,21+,22-,23+/m1/s1. The molecule has 29 heavy (non-hydrogen) atoms. The molecule has 1 heterocycles. The van der Waals surface area contributed by atoms with Gasteiger partial charge in [-0.2, -0.15) is 0 Å². The number of hydrogen-bond donors (Lipinski definition) is 3. The predicted molar refractivity (Wildman–Crippen MR) is 103 cm³/mol. The van der Waals surface area contributed by atoms with Gasteiger partial charge in [0.15, 0.2) is 0 Å². The average molecular weight is 402 g/mol. The molecule has 3 fully saturated rings. The molecule has 0 aromatic rings. The van der Waals surface area contributed by atoms with Crippen molar-refractivity contribution in [3.8, 4) is 0 Å². The molecule has 158 valence electrons. The van der Waals surface area contributed by atoms with Crippen LogP contribution in [0.25, 0.3) is 0 Å². The summed E-state index contributed by atoms with van der Waals surface area (Å²) in [6, 6.07) is 0. The van der Waals surface area contributed by atoms with Crippen molar-refractivity contribution in [3.63, 3.8) is 0 Å². The van der Waals surface area contributed by atoms with Crippen LogP contribution >= 0.6 is 0 Å². The Kier molecular flexibility index (Phi) is 4.04. The number of aliphatic hydroxyl groups is 3. The summed E-state index contributed by atoms with van der Waals surface area (Å²) in [5, 5.41) is 32.6. The van der Waals surface area contributed by atoms with Gasteiger partial charge in [-0.05, 0) is 54.9 Å². The molecule has 1 aliphatic heterocycles. The van der Waals surface area contributed by atoms with Crippen LogP contribution in [-0.2, 0) is 14.3 Å². The summed E-state index contributed by atoms with van der Waals surface area (Å²) < 4.78 is 5.09. The van der Waals surface area contributed by atoms with Crippen molar-refractivity contribution < 1.29 is 29.6 Å². The highest BCUT2D eigenvalue weighted by Gasteiger charge is 2.68. The van der Waals surface area contributed by atoms with Gasteiger partial charge in [0, 0.05) is 29.4 Å². The molecular formula is C23H30O6. The van der Waals surface area contributed by atoms with Crippen molar-refractivity contribution in [2.45, 2.75) is 70.2 Å². The fraction of sp³-hybridized carbons (Fsp3) is 0.739. The van der Waals surface area contributed by atoms with Gasteiger partial charge in [0.05, 0.1) is 17.8 Å². The lowest BCUT2D eigenvalue weighted by molar-refractivity contribution is -0.207. The Labute approximate surface area is 170 Å². The van der Waals surface area contributed by atoms with Crippen LogP contribution in [0.15, 0.2) is 23.3 Å². The van der Waals surface area contributed by atoms with Crippen LogP contribution in [0, 0.1) is 28.6 Å². The monoisotopic (exact) mass is 402 g/mol. The third-order valence-corrected chi connectivity index (χ3v) is 9.15. The van der Waals surface area contributed by atoms with E-state index >= 15 is 0 Å². The van der Waals surface area contributed by atoms with E-state index in [1.54, 1.807) is 0 Å². The van der Waals surface area contributed by atoms with E-state index in [0.29, 0.717) is 19.3 Å². The molecule has 0 amide bonds. The first-order valence-electron chi connectivity index (χ1n) is 10.8. The topological polar surface area (TPSA) is 104 Å². The zero-order valence-electron chi connectivity index (χ0n) is 17.1. The molecule has 3 N–H and O–H groups in total. The molecule has 0 spiro atoms. The van der Waals surface area contributed by atoms with Crippen molar-refractivity contribution in [1.82, 2.24) is 0 Å². The zero-order valence-corrected chi connectivity index (χ0v) is 17.1. The van der Waals surface area contributed by atoms with Crippen LogP contribution in [0.4, 0.5) is 0 Å². The highest BCUT2D eigenvalue weighted by atomic mass is 16.5. The first kappa shape index (κ1) is 19.5. The van der Waals surface area contributed by atoms with E-state index in [4.69, 9.17) is 4.74 Å². The second-order valence-corrected chi connectivity index (χ2v) is 10.4. The van der Waals surface area contributed by atoms with Crippen molar-refractivity contribution >= 4 is 11.8 Å². The molecule has 0 aromatic heterocycles. The number of fused-ring (bicyclic) bond motifs is 5. The lowest BCUT2D eigenvalue weighted by atomic mass is 9.42. The number of aliphatic hydroxyl groups excluding tert-OH is 2. The summed E-state index contributed by atoms with van der Waals surface area (Å²) in [7, 11) is 0. The van der Waals surface area contributed by atoms with Gasteiger partial charge in [-0.1, -0.05) is 19.9 Å². The Balaban J connectivity index is 1.53. The number of esters is 1. The van der Waals surface area contributed by atoms with E-state index in [0.717, 1.165) is 24.0 Å². The maximum atomic E-state index is 13.6. The number of carbonyl (C=O) groups excluding carboxylic acids is 2. The summed E-state index contributed by atoms with van der Waals surface area (Å²) in [5.41, 5.74) is -0.548. The number of cyclic esters (lactones) is 1. The molecule has 6 heteroatoms. The molecular weight excluding hydrogens is 372 g/mol. The fourth-order valence-electron chi connectivity index (χ4n) is 7.64. The van der Waals surface area contributed by atoms with Gasteiger partial charge >= 0.3 is 5.97 Å². The van der Waals surface area contributed by atoms with Crippen molar-refractivity contribution in [3.05, 3.63) is 23.3 Å². The largest absolute Gasteiger partial charge is 0.458 e. The summed E-state index contributed by atoms with van der Waals surface area (Å²) >= 11 is 0. The summed E-state index contributed by atoms with van der Waals surface area (Å²) in [4.78, 5) is 25.2.